The standard InChI is InChI=1S/C26H19ClN2O5/c1-15-6-9-19(10-7-15)29-24(31)20(23(30)28-26(29)33)13-17-8-11-22(21(27)14-17)34-25(32)18-5-3-4-16(2)12-18/h3-14H,1-2H3,(H,28,30,33)/b20-13-. The van der Waals surface area contributed by atoms with Crippen molar-refractivity contribution in [1.29, 1.82) is 0 Å². The van der Waals surface area contributed by atoms with E-state index in [1.807, 2.05) is 19.9 Å². The Morgan fingerprint density at radius 3 is 2.35 bits per heavy atom. The normalized spacial score (nSPS) is 14.9. The minimum absolute atomic E-state index is 0.116. The molecule has 1 fully saturated rings. The van der Waals surface area contributed by atoms with Crippen LogP contribution >= 0.6 is 11.6 Å². The monoisotopic (exact) mass is 474 g/mol. The van der Waals surface area contributed by atoms with E-state index in [0.717, 1.165) is 16.0 Å². The van der Waals surface area contributed by atoms with Crippen LogP contribution in [0.5, 0.6) is 5.75 Å². The summed E-state index contributed by atoms with van der Waals surface area (Å²) in [5.74, 6) is -2.01. The van der Waals surface area contributed by atoms with Crippen molar-refractivity contribution < 1.29 is 23.9 Å². The number of nitrogens with one attached hydrogen (secondary N) is 1. The van der Waals surface area contributed by atoms with E-state index in [-0.39, 0.29) is 16.3 Å². The molecular formula is C26H19ClN2O5. The second-order valence-corrected chi connectivity index (χ2v) is 8.15. The van der Waals surface area contributed by atoms with Gasteiger partial charge in [0.2, 0.25) is 0 Å². The van der Waals surface area contributed by atoms with Crippen LogP contribution in [0.15, 0.2) is 72.3 Å². The average Bonchev–Trinajstić information content (AvgIpc) is 2.79. The van der Waals surface area contributed by atoms with Crippen LogP contribution in [0.4, 0.5) is 10.5 Å². The zero-order chi connectivity index (χ0) is 24.4. The highest BCUT2D eigenvalue weighted by Gasteiger charge is 2.36. The Balaban J connectivity index is 1.59. The summed E-state index contributed by atoms with van der Waals surface area (Å²) in [6, 6.07) is 17.3. The zero-order valence-corrected chi connectivity index (χ0v) is 19.1. The van der Waals surface area contributed by atoms with Gasteiger partial charge in [-0.05, 0) is 61.9 Å². The number of imide groups is 2. The molecule has 3 aromatic carbocycles. The third kappa shape index (κ3) is 4.74. The number of hydrogen-bond acceptors (Lipinski definition) is 5. The molecule has 0 aromatic heterocycles. The highest BCUT2D eigenvalue weighted by atomic mass is 35.5. The molecule has 0 saturated carbocycles. The van der Waals surface area contributed by atoms with Crippen molar-refractivity contribution in [3.8, 4) is 5.75 Å². The van der Waals surface area contributed by atoms with Crippen LogP contribution in [0.25, 0.3) is 6.08 Å². The first-order valence-corrected chi connectivity index (χ1v) is 10.7. The molecule has 0 bridgehead atoms. The molecular weight excluding hydrogens is 456 g/mol. The van der Waals surface area contributed by atoms with Crippen LogP contribution in [-0.2, 0) is 9.59 Å². The molecule has 0 atom stereocenters. The molecule has 170 valence electrons. The summed E-state index contributed by atoms with van der Waals surface area (Å²) in [5.41, 5.74) is 2.77. The third-order valence-electron chi connectivity index (χ3n) is 5.12. The second kappa shape index (κ2) is 9.33. The fraction of sp³-hybridized carbons (Fsp3) is 0.0769. The third-order valence-corrected chi connectivity index (χ3v) is 5.41. The topological polar surface area (TPSA) is 92.8 Å². The number of anilines is 1. The number of benzene rings is 3. The number of ether oxygens (including phenoxy) is 1. The number of hydrogen-bond donors (Lipinski definition) is 1. The summed E-state index contributed by atoms with van der Waals surface area (Å²) in [6.07, 6.45) is 1.32. The molecule has 3 aromatic rings. The van der Waals surface area contributed by atoms with Crippen molar-refractivity contribution in [3.63, 3.8) is 0 Å². The maximum atomic E-state index is 13.0. The van der Waals surface area contributed by atoms with E-state index in [2.05, 4.69) is 5.32 Å². The van der Waals surface area contributed by atoms with Gasteiger partial charge in [0.1, 0.15) is 11.3 Å². The van der Waals surface area contributed by atoms with Gasteiger partial charge in [-0.15, -0.1) is 0 Å². The molecule has 1 saturated heterocycles. The van der Waals surface area contributed by atoms with E-state index >= 15 is 0 Å². The van der Waals surface area contributed by atoms with Crippen LogP contribution in [0.1, 0.15) is 27.0 Å². The minimum atomic E-state index is -0.826. The Morgan fingerprint density at radius 1 is 0.941 bits per heavy atom. The van der Waals surface area contributed by atoms with Gasteiger partial charge in [0.05, 0.1) is 16.3 Å². The highest BCUT2D eigenvalue weighted by molar-refractivity contribution is 6.39. The van der Waals surface area contributed by atoms with Gasteiger partial charge in [-0.2, -0.15) is 0 Å². The molecule has 1 aliphatic heterocycles. The van der Waals surface area contributed by atoms with Crippen LogP contribution in [-0.4, -0.2) is 23.8 Å². The fourth-order valence-corrected chi connectivity index (χ4v) is 3.60. The Hall–Kier alpha value is -4.23. The Kier molecular flexibility index (Phi) is 6.30. The van der Waals surface area contributed by atoms with Gasteiger partial charge in [-0.25, -0.2) is 14.5 Å². The van der Waals surface area contributed by atoms with E-state index in [1.165, 1.54) is 18.2 Å². The second-order valence-electron chi connectivity index (χ2n) is 7.74. The highest BCUT2D eigenvalue weighted by Crippen LogP contribution is 2.28. The SMILES string of the molecule is Cc1ccc(N2C(=O)NC(=O)/C(=C/c3ccc(OC(=O)c4cccc(C)c4)c(Cl)c3)C2=O)cc1. The molecule has 4 amide bonds. The van der Waals surface area contributed by atoms with E-state index in [9.17, 15) is 19.2 Å². The molecule has 1 heterocycles. The molecule has 1 N–H and O–H groups in total. The molecule has 0 unspecified atom stereocenters. The first-order chi connectivity index (χ1) is 16.2. The van der Waals surface area contributed by atoms with Gasteiger partial charge in [0.25, 0.3) is 11.8 Å². The molecule has 0 spiro atoms. The number of aryl methyl sites for hydroxylation is 2. The number of carbonyl (C=O) groups excluding carboxylic acids is 4. The van der Waals surface area contributed by atoms with Crippen LogP contribution < -0.4 is 15.0 Å². The molecule has 34 heavy (non-hydrogen) atoms. The van der Waals surface area contributed by atoms with E-state index in [1.54, 1.807) is 48.5 Å². The predicted molar refractivity (Wildman–Crippen MR) is 128 cm³/mol. The molecule has 7 nitrogen and oxygen atoms in total. The smallest absolute Gasteiger partial charge is 0.343 e. The molecule has 0 radical (unpaired) electrons. The summed E-state index contributed by atoms with van der Waals surface area (Å²) in [4.78, 5) is 51.0. The van der Waals surface area contributed by atoms with Crippen LogP contribution in [0.3, 0.4) is 0 Å². The zero-order valence-electron chi connectivity index (χ0n) is 18.3. The maximum Gasteiger partial charge on any atom is 0.343 e. The summed E-state index contributed by atoms with van der Waals surface area (Å²) in [5, 5.41) is 2.29. The van der Waals surface area contributed by atoms with E-state index in [4.69, 9.17) is 16.3 Å². The summed E-state index contributed by atoms with van der Waals surface area (Å²) >= 11 is 6.29. The van der Waals surface area contributed by atoms with Gasteiger partial charge < -0.3 is 4.74 Å². The maximum absolute atomic E-state index is 13.0. The summed E-state index contributed by atoms with van der Waals surface area (Å²) in [6.45, 7) is 3.74. The largest absolute Gasteiger partial charge is 0.421 e. The predicted octanol–water partition coefficient (Wildman–Crippen LogP) is 4.84. The number of urea groups is 1. The van der Waals surface area contributed by atoms with Gasteiger partial charge in [0, 0.05) is 0 Å². The number of rotatable bonds is 4. The summed E-state index contributed by atoms with van der Waals surface area (Å²) < 4.78 is 5.38. The fourth-order valence-electron chi connectivity index (χ4n) is 3.37. The van der Waals surface area contributed by atoms with Gasteiger partial charge in [0.15, 0.2) is 0 Å². The number of amides is 4. The summed E-state index contributed by atoms with van der Waals surface area (Å²) in [7, 11) is 0. The van der Waals surface area contributed by atoms with Crippen LogP contribution in [0, 0.1) is 13.8 Å². The molecule has 4 rings (SSSR count). The van der Waals surface area contributed by atoms with Crippen molar-refractivity contribution >= 4 is 47.2 Å². The Labute approximate surface area is 200 Å². The van der Waals surface area contributed by atoms with Crippen molar-refractivity contribution in [2.45, 2.75) is 13.8 Å². The van der Waals surface area contributed by atoms with Crippen LogP contribution in [0.2, 0.25) is 5.02 Å². The van der Waals surface area contributed by atoms with Gasteiger partial charge >= 0.3 is 12.0 Å². The first kappa shape index (κ1) is 22.9. The van der Waals surface area contributed by atoms with E-state index < -0.39 is 23.8 Å². The number of carbonyl (C=O) groups is 4. The number of nitrogens with zero attached hydrogens (tertiary/aromatic N) is 1. The molecule has 1 aliphatic rings. The first-order valence-electron chi connectivity index (χ1n) is 10.3. The van der Waals surface area contributed by atoms with Crippen molar-refractivity contribution in [2.75, 3.05) is 4.90 Å². The lowest BCUT2D eigenvalue weighted by Crippen LogP contribution is -2.54. The number of barbiturate groups is 1. The quantitative estimate of drug-likeness (QED) is 0.253. The lowest BCUT2D eigenvalue weighted by atomic mass is 10.1. The van der Waals surface area contributed by atoms with Gasteiger partial charge in [-0.3, -0.25) is 14.9 Å². The minimum Gasteiger partial charge on any atom is -0.421 e. The molecule has 8 heteroatoms. The molecule has 0 aliphatic carbocycles. The lowest BCUT2D eigenvalue weighted by molar-refractivity contribution is -0.122. The van der Waals surface area contributed by atoms with Crippen molar-refractivity contribution in [3.05, 3.63) is 99.6 Å². The Bertz CT molecular complexity index is 1360. The van der Waals surface area contributed by atoms with Gasteiger partial charge in [-0.1, -0.05) is 53.1 Å². The number of esters is 1. The average molecular weight is 475 g/mol. The van der Waals surface area contributed by atoms with E-state index in [0.29, 0.717) is 16.8 Å². The van der Waals surface area contributed by atoms with Crippen molar-refractivity contribution in [1.82, 2.24) is 5.32 Å². The lowest BCUT2D eigenvalue weighted by Gasteiger charge is -2.26. The number of halogens is 1. The van der Waals surface area contributed by atoms with Crippen molar-refractivity contribution in [2.24, 2.45) is 0 Å². The Morgan fingerprint density at radius 2 is 1.68 bits per heavy atom.